The molecule has 2 aromatic carbocycles. The molecule has 9 heteroatoms. The molecule has 0 radical (unpaired) electrons. The number of para-hydroxylation sites is 1. The zero-order valence-electron chi connectivity index (χ0n) is 18.4. The molecule has 0 heterocycles. The van der Waals surface area contributed by atoms with Gasteiger partial charge in [0, 0.05) is 12.6 Å². The molecule has 0 unspecified atom stereocenters. The van der Waals surface area contributed by atoms with E-state index in [1.807, 2.05) is 31.2 Å². The zero-order chi connectivity index (χ0) is 22.9. The summed E-state index contributed by atoms with van der Waals surface area (Å²) in [6.45, 7) is 2.61. The van der Waals surface area contributed by atoms with E-state index in [-0.39, 0.29) is 6.54 Å². The highest BCUT2D eigenvalue weighted by Crippen LogP contribution is 2.32. The van der Waals surface area contributed by atoms with Gasteiger partial charge in [0.1, 0.15) is 12.3 Å². The third-order valence-electron chi connectivity index (χ3n) is 4.56. The molecule has 0 spiro atoms. The Balaban J connectivity index is 1.98. The Kier molecular flexibility index (Phi) is 8.99. The van der Waals surface area contributed by atoms with Crippen molar-refractivity contribution in [3.8, 4) is 17.2 Å². The molecule has 2 rings (SSSR count). The summed E-state index contributed by atoms with van der Waals surface area (Å²) in [4.78, 5) is 12.4. The third-order valence-corrected chi connectivity index (χ3v) is 5.70. The molecule has 170 valence electrons. The standard InChI is InChI=1S/C22H30N2O6S/c1-5-30-19-11-7-6-9-17(19)10-8-14-23-22(25)16-24(31(4,26)27)18-12-13-20(28-2)21(15-18)29-3/h6-7,9,11-13,15H,5,8,10,14,16H2,1-4H3,(H,23,25). The number of carbonyl (C=O) groups is 1. The first-order valence-electron chi connectivity index (χ1n) is 9.97. The molecule has 0 saturated heterocycles. The quantitative estimate of drug-likeness (QED) is 0.500. The van der Waals surface area contributed by atoms with Gasteiger partial charge in [-0.05, 0) is 43.5 Å². The van der Waals surface area contributed by atoms with Crippen LogP contribution in [-0.2, 0) is 21.2 Å². The fourth-order valence-corrected chi connectivity index (χ4v) is 3.93. The largest absolute Gasteiger partial charge is 0.494 e. The SMILES string of the molecule is CCOc1ccccc1CCCNC(=O)CN(c1ccc(OC)c(OC)c1)S(C)(=O)=O. The van der Waals surface area contributed by atoms with E-state index >= 15 is 0 Å². The topological polar surface area (TPSA) is 94.2 Å². The summed E-state index contributed by atoms with van der Waals surface area (Å²) in [5, 5.41) is 2.79. The number of ether oxygens (including phenoxy) is 3. The fourth-order valence-electron chi connectivity index (χ4n) is 3.08. The third kappa shape index (κ3) is 7.06. The highest BCUT2D eigenvalue weighted by Gasteiger charge is 2.22. The van der Waals surface area contributed by atoms with Crippen molar-refractivity contribution in [2.75, 3.05) is 44.5 Å². The lowest BCUT2D eigenvalue weighted by molar-refractivity contribution is -0.119. The van der Waals surface area contributed by atoms with Crippen LogP contribution < -0.4 is 23.8 Å². The van der Waals surface area contributed by atoms with Crippen molar-refractivity contribution in [2.45, 2.75) is 19.8 Å². The molecule has 0 bridgehead atoms. The lowest BCUT2D eigenvalue weighted by Gasteiger charge is -2.23. The summed E-state index contributed by atoms with van der Waals surface area (Å²) in [5.74, 6) is 1.30. The first-order chi connectivity index (χ1) is 14.8. The monoisotopic (exact) mass is 450 g/mol. The van der Waals surface area contributed by atoms with E-state index in [2.05, 4.69) is 5.32 Å². The normalized spacial score (nSPS) is 11.0. The Morgan fingerprint density at radius 3 is 2.39 bits per heavy atom. The highest BCUT2D eigenvalue weighted by molar-refractivity contribution is 7.92. The van der Waals surface area contributed by atoms with Crippen LogP contribution in [0.15, 0.2) is 42.5 Å². The van der Waals surface area contributed by atoms with Crippen LogP contribution in [0.3, 0.4) is 0 Å². The van der Waals surface area contributed by atoms with Gasteiger partial charge in [-0.2, -0.15) is 0 Å². The van der Waals surface area contributed by atoms with Crippen LogP contribution in [-0.4, -0.2) is 54.5 Å². The lowest BCUT2D eigenvalue weighted by atomic mass is 10.1. The van der Waals surface area contributed by atoms with Gasteiger partial charge in [-0.1, -0.05) is 18.2 Å². The number of anilines is 1. The van der Waals surface area contributed by atoms with Gasteiger partial charge in [0.25, 0.3) is 0 Å². The second-order valence-electron chi connectivity index (χ2n) is 6.80. The number of hydrogen-bond donors (Lipinski definition) is 1. The van der Waals surface area contributed by atoms with Crippen LogP contribution in [0.2, 0.25) is 0 Å². The van der Waals surface area contributed by atoms with Gasteiger partial charge in [0.05, 0.1) is 32.8 Å². The predicted molar refractivity (Wildman–Crippen MR) is 121 cm³/mol. The van der Waals surface area contributed by atoms with Crippen LogP contribution in [0.1, 0.15) is 18.9 Å². The zero-order valence-corrected chi connectivity index (χ0v) is 19.2. The van der Waals surface area contributed by atoms with Crippen LogP contribution in [0, 0.1) is 0 Å². The van der Waals surface area contributed by atoms with E-state index in [0.717, 1.165) is 28.3 Å². The van der Waals surface area contributed by atoms with E-state index < -0.39 is 15.9 Å². The van der Waals surface area contributed by atoms with Crippen molar-refractivity contribution in [3.63, 3.8) is 0 Å². The van der Waals surface area contributed by atoms with Crippen molar-refractivity contribution in [1.29, 1.82) is 0 Å². The smallest absolute Gasteiger partial charge is 0.240 e. The number of sulfonamides is 1. The Hall–Kier alpha value is -2.94. The molecule has 0 atom stereocenters. The number of aryl methyl sites for hydroxylation is 1. The van der Waals surface area contributed by atoms with Gasteiger partial charge in [0.15, 0.2) is 11.5 Å². The number of nitrogens with one attached hydrogen (secondary N) is 1. The highest BCUT2D eigenvalue weighted by atomic mass is 32.2. The molecular weight excluding hydrogens is 420 g/mol. The molecule has 8 nitrogen and oxygen atoms in total. The predicted octanol–water partition coefficient (Wildman–Crippen LogP) is 2.62. The molecule has 0 saturated carbocycles. The molecule has 1 N–H and O–H groups in total. The maximum Gasteiger partial charge on any atom is 0.240 e. The van der Waals surface area contributed by atoms with E-state index in [0.29, 0.717) is 36.8 Å². The molecule has 0 aliphatic carbocycles. The number of hydrogen-bond acceptors (Lipinski definition) is 6. The van der Waals surface area contributed by atoms with Crippen molar-refractivity contribution < 1.29 is 27.4 Å². The molecule has 0 aromatic heterocycles. The Morgan fingerprint density at radius 2 is 1.74 bits per heavy atom. The van der Waals surface area contributed by atoms with Gasteiger partial charge < -0.3 is 19.5 Å². The number of benzene rings is 2. The summed E-state index contributed by atoms with van der Waals surface area (Å²) >= 11 is 0. The second-order valence-corrected chi connectivity index (χ2v) is 8.71. The van der Waals surface area contributed by atoms with E-state index in [9.17, 15) is 13.2 Å². The molecule has 2 aromatic rings. The van der Waals surface area contributed by atoms with Gasteiger partial charge in [-0.3, -0.25) is 9.10 Å². The minimum Gasteiger partial charge on any atom is -0.494 e. The maximum absolute atomic E-state index is 12.4. The van der Waals surface area contributed by atoms with Crippen molar-refractivity contribution >= 4 is 21.6 Å². The first-order valence-corrected chi connectivity index (χ1v) is 11.8. The summed E-state index contributed by atoms with van der Waals surface area (Å²) in [6.07, 6.45) is 2.49. The number of amides is 1. The van der Waals surface area contributed by atoms with Crippen LogP contribution in [0.4, 0.5) is 5.69 Å². The number of methoxy groups -OCH3 is 2. The molecule has 0 aliphatic heterocycles. The minimum absolute atomic E-state index is 0.320. The summed E-state index contributed by atoms with van der Waals surface area (Å²) in [7, 11) is -0.730. The van der Waals surface area contributed by atoms with Gasteiger partial charge >= 0.3 is 0 Å². The Labute approximate surface area is 184 Å². The molecule has 1 amide bonds. The van der Waals surface area contributed by atoms with Crippen molar-refractivity contribution in [1.82, 2.24) is 5.32 Å². The maximum atomic E-state index is 12.4. The fraction of sp³-hybridized carbons (Fsp3) is 0.409. The first kappa shape index (κ1) is 24.3. The summed E-state index contributed by atoms with van der Waals surface area (Å²) in [6, 6.07) is 12.5. The van der Waals surface area contributed by atoms with Crippen LogP contribution >= 0.6 is 0 Å². The van der Waals surface area contributed by atoms with Crippen LogP contribution in [0.5, 0.6) is 17.2 Å². The lowest BCUT2D eigenvalue weighted by Crippen LogP contribution is -2.40. The molecule has 31 heavy (non-hydrogen) atoms. The second kappa shape index (κ2) is 11.5. The minimum atomic E-state index is -3.68. The molecule has 0 fully saturated rings. The number of nitrogens with zero attached hydrogens (tertiary/aromatic N) is 1. The van der Waals surface area contributed by atoms with Crippen molar-refractivity contribution in [2.24, 2.45) is 0 Å². The van der Waals surface area contributed by atoms with Crippen LogP contribution in [0.25, 0.3) is 0 Å². The van der Waals surface area contributed by atoms with E-state index in [1.54, 1.807) is 12.1 Å². The van der Waals surface area contributed by atoms with E-state index in [1.165, 1.54) is 20.3 Å². The molecule has 0 aliphatic rings. The Morgan fingerprint density at radius 1 is 1.03 bits per heavy atom. The summed E-state index contributed by atoms with van der Waals surface area (Å²) < 4.78 is 41.7. The van der Waals surface area contributed by atoms with Gasteiger partial charge in [0.2, 0.25) is 15.9 Å². The molecular formula is C22H30N2O6S. The van der Waals surface area contributed by atoms with E-state index in [4.69, 9.17) is 14.2 Å². The average Bonchev–Trinajstić information content (AvgIpc) is 2.75. The van der Waals surface area contributed by atoms with Crippen molar-refractivity contribution in [3.05, 3.63) is 48.0 Å². The number of rotatable bonds is 12. The van der Waals surface area contributed by atoms with Gasteiger partial charge in [-0.15, -0.1) is 0 Å². The number of carbonyl (C=O) groups excluding carboxylic acids is 1. The summed E-state index contributed by atoms with van der Waals surface area (Å²) in [5.41, 5.74) is 1.39. The average molecular weight is 451 g/mol. The van der Waals surface area contributed by atoms with Gasteiger partial charge in [-0.25, -0.2) is 8.42 Å². The Bertz CT molecular complexity index is 978.